The molecule has 0 saturated carbocycles. The van der Waals surface area contributed by atoms with Crippen LogP contribution in [0.25, 0.3) is 0 Å². The van der Waals surface area contributed by atoms with Crippen LogP contribution in [0.4, 0.5) is 5.69 Å². The zero-order valence-electron chi connectivity index (χ0n) is 11.1. The molecule has 2 rings (SSSR count). The highest BCUT2D eigenvalue weighted by Gasteiger charge is 2.15. The third kappa shape index (κ3) is 2.66. The smallest absolute Gasteiger partial charge is 0.288 e. The van der Waals surface area contributed by atoms with Gasteiger partial charge in [-0.2, -0.15) is 0 Å². The summed E-state index contributed by atoms with van der Waals surface area (Å²) in [6.45, 7) is 1.27. The second-order valence-electron chi connectivity index (χ2n) is 4.55. The fraction of sp³-hybridized carbons (Fsp3) is 0.231. The number of aryl methyl sites for hydroxylation is 2. The summed E-state index contributed by atoms with van der Waals surface area (Å²) in [5.41, 5.74) is 0.133. The minimum absolute atomic E-state index is 0.175. The van der Waals surface area contributed by atoms with E-state index in [1.807, 2.05) is 0 Å². The van der Waals surface area contributed by atoms with Gasteiger partial charge in [-0.05, 0) is 13.0 Å². The van der Waals surface area contributed by atoms with Crippen LogP contribution in [-0.4, -0.2) is 19.8 Å². The highest BCUT2D eigenvalue weighted by atomic mass is 16.6. The maximum absolute atomic E-state index is 12.0. The molecule has 2 aromatic rings. The summed E-state index contributed by atoms with van der Waals surface area (Å²) in [5.74, 6) is -0.272. The van der Waals surface area contributed by atoms with Crippen molar-refractivity contribution in [1.82, 2.24) is 9.13 Å². The van der Waals surface area contributed by atoms with Gasteiger partial charge in [-0.3, -0.25) is 19.7 Å². The van der Waals surface area contributed by atoms with E-state index < -0.39 is 10.5 Å². The van der Waals surface area contributed by atoms with Crippen molar-refractivity contribution in [2.45, 2.75) is 13.5 Å². The summed E-state index contributed by atoms with van der Waals surface area (Å²) in [7, 11) is 1.78. The van der Waals surface area contributed by atoms with Gasteiger partial charge >= 0.3 is 0 Å². The van der Waals surface area contributed by atoms with Gasteiger partial charge in [0.15, 0.2) is 5.78 Å². The van der Waals surface area contributed by atoms with Crippen molar-refractivity contribution in [1.29, 1.82) is 0 Å². The number of nitro groups is 1. The van der Waals surface area contributed by atoms with Crippen molar-refractivity contribution in [3.63, 3.8) is 0 Å². The molecule has 7 heteroatoms. The molecular weight excluding hydrogens is 262 g/mol. The Morgan fingerprint density at radius 3 is 2.65 bits per heavy atom. The standard InChI is InChI=1S/C13H13N3O4/c1-9-5-13(18)15(7-11(9)16(19)20)8-12(17)10-3-4-14(2)6-10/h3-7H,8H2,1-2H3. The van der Waals surface area contributed by atoms with E-state index in [2.05, 4.69) is 0 Å². The molecule has 0 aromatic carbocycles. The summed E-state index contributed by atoms with van der Waals surface area (Å²) in [6, 6.07) is 2.80. The number of hydrogen-bond acceptors (Lipinski definition) is 4. The Morgan fingerprint density at radius 2 is 2.10 bits per heavy atom. The van der Waals surface area contributed by atoms with E-state index in [4.69, 9.17) is 0 Å². The lowest BCUT2D eigenvalue weighted by Crippen LogP contribution is -2.24. The van der Waals surface area contributed by atoms with Gasteiger partial charge in [-0.25, -0.2) is 0 Å². The second kappa shape index (κ2) is 5.12. The third-order valence-corrected chi connectivity index (χ3v) is 2.97. The van der Waals surface area contributed by atoms with Crippen LogP contribution in [0.1, 0.15) is 15.9 Å². The van der Waals surface area contributed by atoms with Crippen LogP contribution in [0, 0.1) is 17.0 Å². The molecule has 0 N–H and O–H groups in total. The molecule has 2 aromatic heterocycles. The van der Waals surface area contributed by atoms with Crippen molar-refractivity contribution in [3.05, 3.63) is 62.3 Å². The highest BCUT2D eigenvalue weighted by Crippen LogP contribution is 2.14. The van der Waals surface area contributed by atoms with Gasteiger partial charge in [0.25, 0.3) is 11.2 Å². The van der Waals surface area contributed by atoms with Crippen molar-refractivity contribution in [3.8, 4) is 0 Å². The van der Waals surface area contributed by atoms with E-state index in [1.54, 1.807) is 30.1 Å². The molecule has 0 amide bonds. The molecule has 104 valence electrons. The quantitative estimate of drug-likeness (QED) is 0.478. The molecule has 0 bridgehead atoms. The normalized spacial score (nSPS) is 10.5. The first-order valence-electron chi connectivity index (χ1n) is 5.89. The zero-order chi connectivity index (χ0) is 14.9. The molecule has 2 heterocycles. The van der Waals surface area contributed by atoms with Crippen LogP contribution in [0.2, 0.25) is 0 Å². The Bertz CT molecular complexity index is 742. The number of rotatable bonds is 4. The van der Waals surface area contributed by atoms with Gasteiger partial charge in [-0.15, -0.1) is 0 Å². The molecule has 0 aliphatic heterocycles. The first-order chi connectivity index (χ1) is 9.38. The van der Waals surface area contributed by atoms with E-state index in [0.717, 1.165) is 16.8 Å². The molecule has 0 fully saturated rings. The highest BCUT2D eigenvalue weighted by molar-refractivity contribution is 5.95. The van der Waals surface area contributed by atoms with Gasteiger partial charge < -0.3 is 9.13 Å². The van der Waals surface area contributed by atoms with Crippen molar-refractivity contribution in [2.75, 3.05) is 0 Å². The van der Waals surface area contributed by atoms with Crippen LogP contribution in [-0.2, 0) is 13.6 Å². The fourth-order valence-electron chi connectivity index (χ4n) is 1.88. The Hall–Kier alpha value is -2.70. The van der Waals surface area contributed by atoms with Crippen LogP contribution in [0.3, 0.4) is 0 Å². The van der Waals surface area contributed by atoms with Crippen LogP contribution < -0.4 is 5.56 Å². The summed E-state index contributed by atoms with van der Waals surface area (Å²) in [5, 5.41) is 10.8. The molecule has 20 heavy (non-hydrogen) atoms. The maximum atomic E-state index is 12.0. The van der Waals surface area contributed by atoms with Crippen LogP contribution in [0.5, 0.6) is 0 Å². The number of Topliss-reactive ketones (excluding diaryl/α,β-unsaturated/α-hetero) is 1. The summed E-state index contributed by atoms with van der Waals surface area (Å²) >= 11 is 0. The molecule has 0 aliphatic carbocycles. The molecule has 0 atom stereocenters. The molecule has 0 unspecified atom stereocenters. The zero-order valence-corrected chi connectivity index (χ0v) is 11.1. The fourth-order valence-corrected chi connectivity index (χ4v) is 1.88. The molecule has 7 nitrogen and oxygen atoms in total. The van der Waals surface area contributed by atoms with Crippen LogP contribution >= 0.6 is 0 Å². The summed E-state index contributed by atoms with van der Waals surface area (Å²) < 4.78 is 2.77. The second-order valence-corrected chi connectivity index (χ2v) is 4.55. The lowest BCUT2D eigenvalue weighted by molar-refractivity contribution is -0.385. The number of aromatic nitrogens is 2. The number of nitrogens with zero attached hydrogens (tertiary/aromatic N) is 3. The van der Waals surface area contributed by atoms with Crippen LogP contribution in [0.15, 0.2) is 35.5 Å². The lowest BCUT2D eigenvalue weighted by atomic mass is 10.2. The topological polar surface area (TPSA) is 87.1 Å². The molecule has 0 spiro atoms. The minimum Gasteiger partial charge on any atom is -0.357 e. The van der Waals surface area contributed by atoms with E-state index in [0.29, 0.717) is 5.56 Å². The Labute approximate surface area is 114 Å². The van der Waals surface area contributed by atoms with Gasteiger partial charge in [0.05, 0.1) is 17.7 Å². The Kier molecular flexibility index (Phi) is 3.51. The molecule has 0 saturated heterocycles. The molecule has 0 aliphatic rings. The Balaban J connectivity index is 2.34. The van der Waals surface area contributed by atoms with E-state index in [1.165, 1.54) is 6.92 Å². The predicted molar refractivity (Wildman–Crippen MR) is 71.8 cm³/mol. The first kappa shape index (κ1) is 13.7. The number of pyridine rings is 1. The summed E-state index contributed by atoms with van der Waals surface area (Å²) in [4.78, 5) is 34.0. The van der Waals surface area contributed by atoms with Crippen molar-refractivity contribution < 1.29 is 9.72 Å². The van der Waals surface area contributed by atoms with Crippen molar-refractivity contribution in [2.24, 2.45) is 7.05 Å². The molecule has 0 radical (unpaired) electrons. The first-order valence-corrected chi connectivity index (χ1v) is 5.89. The average Bonchev–Trinajstić information content (AvgIpc) is 2.79. The average molecular weight is 275 g/mol. The monoisotopic (exact) mass is 275 g/mol. The van der Waals surface area contributed by atoms with Crippen molar-refractivity contribution >= 4 is 11.5 Å². The van der Waals surface area contributed by atoms with Gasteiger partial charge in [0.2, 0.25) is 0 Å². The van der Waals surface area contributed by atoms with Gasteiger partial charge in [0, 0.05) is 36.6 Å². The van der Waals surface area contributed by atoms with E-state index in [-0.39, 0.29) is 23.6 Å². The SMILES string of the molecule is Cc1cc(=O)n(CC(=O)c2ccn(C)c2)cc1[N+](=O)[O-]. The third-order valence-electron chi connectivity index (χ3n) is 2.97. The number of hydrogen-bond donors (Lipinski definition) is 0. The van der Waals surface area contributed by atoms with Gasteiger partial charge in [0.1, 0.15) is 0 Å². The molecular formula is C13H13N3O4. The predicted octanol–water partition coefficient (Wildman–Crippen LogP) is 1.29. The van der Waals surface area contributed by atoms with E-state index in [9.17, 15) is 19.7 Å². The number of carbonyl (C=O) groups is 1. The Morgan fingerprint density at radius 1 is 1.40 bits per heavy atom. The largest absolute Gasteiger partial charge is 0.357 e. The summed E-state index contributed by atoms with van der Waals surface area (Å²) in [6.07, 6.45) is 4.46. The van der Waals surface area contributed by atoms with Gasteiger partial charge in [-0.1, -0.05) is 0 Å². The lowest BCUT2D eigenvalue weighted by Gasteiger charge is -2.05. The number of ketones is 1. The number of carbonyl (C=O) groups excluding carboxylic acids is 1. The van der Waals surface area contributed by atoms with E-state index >= 15 is 0 Å². The minimum atomic E-state index is -0.571. The maximum Gasteiger partial charge on any atom is 0.288 e.